The highest BCUT2D eigenvalue weighted by Gasteiger charge is 2.19. The molecule has 3 aromatic rings. The zero-order valence-electron chi connectivity index (χ0n) is 14.8. The molecule has 140 valence electrons. The van der Waals surface area contributed by atoms with E-state index in [1.54, 1.807) is 39.3 Å². The quantitative estimate of drug-likeness (QED) is 0.634. The zero-order valence-corrected chi connectivity index (χ0v) is 16.4. The van der Waals surface area contributed by atoms with Gasteiger partial charge in [-0.25, -0.2) is 9.37 Å². The summed E-state index contributed by atoms with van der Waals surface area (Å²) in [5.74, 6) is 0.0477. The van der Waals surface area contributed by atoms with Crippen molar-refractivity contribution in [2.24, 2.45) is 0 Å². The lowest BCUT2D eigenvalue weighted by Gasteiger charge is -2.08. The van der Waals surface area contributed by atoms with E-state index in [0.717, 1.165) is 5.56 Å². The SMILES string of the molecule is COc1ccc(-c2nc(C)c(C(=O)Nc3cccc(Cl)c3F)s2)cc1OC. The molecule has 1 amide bonds. The number of rotatable bonds is 5. The predicted molar refractivity (Wildman–Crippen MR) is 105 cm³/mol. The summed E-state index contributed by atoms with van der Waals surface area (Å²) in [5.41, 5.74) is 1.35. The van der Waals surface area contributed by atoms with Gasteiger partial charge in [0.15, 0.2) is 17.3 Å². The molecule has 2 aromatic carbocycles. The van der Waals surface area contributed by atoms with E-state index in [2.05, 4.69) is 10.3 Å². The lowest BCUT2D eigenvalue weighted by molar-refractivity contribution is 0.102. The summed E-state index contributed by atoms with van der Waals surface area (Å²) in [6.07, 6.45) is 0. The van der Waals surface area contributed by atoms with Gasteiger partial charge in [-0.05, 0) is 37.3 Å². The van der Waals surface area contributed by atoms with E-state index in [1.807, 2.05) is 6.07 Å². The first kappa shape index (κ1) is 19.1. The topological polar surface area (TPSA) is 60.5 Å². The first-order chi connectivity index (χ1) is 12.9. The second-order valence-corrected chi connectivity index (χ2v) is 6.97. The normalized spacial score (nSPS) is 10.6. The maximum absolute atomic E-state index is 14.0. The molecule has 0 aliphatic carbocycles. The first-order valence-corrected chi connectivity index (χ1v) is 9.09. The van der Waals surface area contributed by atoms with Gasteiger partial charge >= 0.3 is 0 Å². The van der Waals surface area contributed by atoms with Gasteiger partial charge in [0.2, 0.25) is 0 Å². The molecule has 1 N–H and O–H groups in total. The molecule has 0 spiro atoms. The van der Waals surface area contributed by atoms with Crippen LogP contribution in [0, 0.1) is 12.7 Å². The number of methoxy groups -OCH3 is 2. The minimum absolute atomic E-state index is 0.0213. The fourth-order valence-corrected chi connectivity index (χ4v) is 3.61. The summed E-state index contributed by atoms with van der Waals surface area (Å²) in [7, 11) is 3.11. The van der Waals surface area contributed by atoms with Crippen LogP contribution in [0.25, 0.3) is 10.6 Å². The van der Waals surface area contributed by atoms with E-state index in [1.165, 1.54) is 23.5 Å². The fraction of sp³-hybridized carbons (Fsp3) is 0.158. The van der Waals surface area contributed by atoms with E-state index < -0.39 is 11.7 Å². The maximum atomic E-state index is 14.0. The number of ether oxygens (including phenoxy) is 2. The van der Waals surface area contributed by atoms with E-state index in [9.17, 15) is 9.18 Å². The number of aromatic nitrogens is 1. The molecule has 1 heterocycles. The number of nitrogens with one attached hydrogen (secondary N) is 1. The van der Waals surface area contributed by atoms with Crippen molar-refractivity contribution in [1.29, 1.82) is 0 Å². The number of carbonyl (C=O) groups excluding carboxylic acids is 1. The number of hydrogen-bond donors (Lipinski definition) is 1. The number of benzene rings is 2. The maximum Gasteiger partial charge on any atom is 0.267 e. The number of thiazole rings is 1. The van der Waals surface area contributed by atoms with Crippen LogP contribution in [0.1, 0.15) is 15.4 Å². The van der Waals surface area contributed by atoms with Crippen LogP contribution in [0.4, 0.5) is 10.1 Å². The number of anilines is 1. The van der Waals surface area contributed by atoms with E-state index in [4.69, 9.17) is 21.1 Å². The minimum Gasteiger partial charge on any atom is -0.493 e. The Morgan fingerprint density at radius 2 is 1.93 bits per heavy atom. The van der Waals surface area contributed by atoms with E-state index in [0.29, 0.717) is 27.1 Å². The molecule has 27 heavy (non-hydrogen) atoms. The van der Waals surface area contributed by atoms with Crippen molar-refractivity contribution in [3.05, 3.63) is 57.8 Å². The highest BCUT2D eigenvalue weighted by atomic mass is 35.5. The number of halogens is 2. The molecule has 3 rings (SSSR count). The molecule has 0 bridgehead atoms. The molecule has 0 atom stereocenters. The lowest BCUT2D eigenvalue weighted by Crippen LogP contribution is -2.12. The number of amides is 1. The number of aryl methyl sites for hydroxylation is 1. The van der Waals surface area contributed by atoms with Crippen molar-refractivity contribution in [2.45, 2.75) is 6.92 Å². The summed E-state index contributed by atoms with van der Waals surface area (Å²) in [5, 5.41) is 3.13. The van der Waals surface area contributed by atoms with Gasteiger partial charge in [0.25, 0.3) is 5.91 Å². The van der Waals surface area contributed by atoms with Gasteiger partial charge in [-0.1, -0.05) is 17.7 Å². The van der Waals surface area contributed by atoms with Crippen LogP contribution >= 0.6 is 22.9 Å². The van der Waals surface area contributed by atoms with Crippen LogP contribution in [0.5, 0.6) is 11.5 Å². The highest BCUT2D eigenvalue weighted by molar-refractivity contribution is 7.17. The molecule has 8 heteroatoms. The number of nitrogens with zero attached hydrogens (tertiary/aromatic N) is 1. The summed E-state index contributed by atoms with van der Waals surface area (Å²) in [6, 6.07) is 9.82. The molecular weight excluding hydrogens is 391 g/mol. The van der Waals surface area contributed by atoms with Gasteiger partial charge in [-0.15, -0.1) is 11.3 Å². The molecule has 0 radical (unpaired) electrons. The predicted octanol–water partition coefficient (Wildman–Crippen LogP) is 5.18. The molecule has 0 fully saturated rings. The second-order valence-electron chi connectivity index (χ2n) is 5.56. The highest BCUT2D eigenvalue weighted by Crippen LogP contribution is 2.35. The van der Waals surface area contributed by atoms with Gasteiger partial charge < -0.3 is 14.8 Å². The summed E-state index contributed by atoms with van der Waals surface area (Å²) >= 11 is 6.96. The van der Waals surface area contributed by atoms with Crippen LogP contribution in [-0.4, -0.2) is 25.1 Å². The third-order valence-corrected chi connectivity index (χ3v) is 5.33. The summed E-state index contributed by atoms with van der Waals surface area (Å²) in [4.78, 5) is 17.4. The van der Waals surface area contributed by atoms with Gasteiger partial charge in [-0.3, -0.25) is 4.79 Å². The van der Waals surface area contributed by atoms with Crippen LogP contribution in [0.3, 0.4) is 0 Å². The monoisotopic (exact) mass is 406 g/mol. The van der Waals surface area contributed by atoms with Crippen molar-refractivity contribution in [1.82, 2.24) is 4.98 Å². The van der Waals surface area contributed by atoms with Crippen LogP contribution in [0.15, 0.2) is 36.4 Å². The molecule has 5 nitrogen and oxygen atoms in total. The average Bonchev–Trinajstić information content (AvgIpc) is 3.06. The summed E-state index contributed by atoms with van der Waals surface area (Å²) in [6.45, 7) is 1.73. The standard InChI is InChI=1S/C19H16ClFN2O3S/c1-10-17(18(24)23-13-6-4-5-12(20)16(13)21)27-19(22-10)11-7-8-14(25-2)15(9-11)26-3/h4-9H,1-3H3,(H,23,24). The van der Waals surface area contributed by atoms with Crippen LogP contribution in [-0.2, 0) is 0 Å². The Morgan fingerprint density at radius 1 is 1.19 bits per heavy atom. The molecule has 0 aliphatic heterocycles. The molecule has 0 saturated heterocycles. The Bertz CT molecular complexity index is 1010. The van der Waals surface area contributed by atoms with Crippen LogP contribution in [0.2, 0.25) is 5.02 Å². The zero-order chi connectivity index (χ0) is 19.6. The largest absolute Gasteiger partial charge is 0.493 e. The second kappa shape index (κ2) is 7.94. The van der Waals surface area contributed by atoms with E-state index >= 15 is 0 Å². The average molecular weight is 407 g/mol. The molecule has 1 aromatic heterocycles. The number of hydrogen-bond acceptors (Lipinski definition) is 5. The van der Waals surface area contributed by atoms with Gasteiger partial charge in [0.05, 0.1) is 30.6 Å². The Morgan fingerprint density at radius 3 is 2.63 bits per heavy atom. The van der Waals surface area contributed by atoms with Gasteiger partial charge in [0, 0.05) is 5.56 Å². The fourth-order valence-electron chi connectivity index (χ4n) is 2.48. The molecular formula is C19H16ClFN2O3S. The smallest absolute Gasteiger partial charge is 0.267 e. The Kier molecular flexibility index (Phi) is 5.62. The number of carbonyl (C=O) groups is 1. The molecule has 0 saturated carbocycles. The first-order valence-electron chi connectivity index (χ1n) is 7.89. The van der Waals surface area contributed by atoms with Crippen molar-refractivity contribution >= 4 is 34.5 Å². The Hall–Kier alpha value is -2.64. The Balaban J connectivity index is 1.90. The molecule has 0 unspecified atom stereocenters. The third-order valence-electron chi connectivity index (χ3n) is 3.83. The van der Waals surface area contributed by atoms with Crippen molar-refractivity contribution in [2.75, 3.05) is 19.5 Å². The van der Waals surface area contributed by atoms with Gasteiger partial charge in [0.1, 0.15) is 9.88 Å². The third kappa shape index (κ3) is 3.89. The van der Waals surface area contributed by atoms with Crippen molar-refractivity contribution < 1.29 is 18.7 Å². The van der Waals surface area contributed by atoms with Gasteiger partial charge in [-0.2, -0.15) is 0 Å². The molecule has 0 aliphatic rings. The van der Waals surface area contributed by atoms with E-state index in [-0.39, 0.29) is 10.7 Å². The lowest BCUT2D eigenvalue weighted by atomic mass is 10.2. The Labute approximate surface area is 164 Å². The van der Waals surface area contributed by atoms with Crippen molar-refractivity contribution in [3.8, 4) is 22.1 Å². The summed E-state index contributed by atoms with van der Waals surface area (Å²) < 4.78 is 24.6. The minimum atomic E-state index is -0.671. The van der Waals surface area contributed by atoms with Crippen molar-refractivity contribution in [3.63, 3.8) is 0 Å². The van der Waals surface area contributed by atoms with Crippen LogP contribution < -0.4 is 14.8 Å².